The molecule has 6 nitrogen and oxygen atoms in total. The van der Waals surface area contributed by atoms with Crippen molar-refractivity contribution in [2.75, 3.05) is 23.3 Å². The van der Waals surface area contributed by atoms with Gasteiger partial charge in [-0.2, -0.15) is 0 Å². The van der Waals surface area contributed by atoms with E-state index >= 15 is 0 Å². The normalized spacial score (nSPS) is 17.2. The average molecular weight is 339 g/mol. The molecule has 1 amide bonds. The Kier molecular flexibility index (Phi) is 4.97. The highest BCUT2D eigenvalue weighted by molar-refractivity contribution is 6.05. The van der Waals surface area contributed by atoms with Crippen LogP contribution in [-0.2, 0) is 0 Å². The number of carbonyl (C=O) groups is 1. The maximum atomic E-state index is 12.4. The molecule has 1 atom stereocenters. The van der Waals surface area contributed by atoms with Gasteiger partial charge < -0.3 is 10.2 Å². The lowest BCUT2D eigenvalue weighted by molar-refractivity contribution is -0.384. The van der Waals surface area contributed by atoms with Crippen LogP contribution in [0.4, 0.5) is 17.1 Å². The Morgan fingerprint density at radius 3 is 2.68 bits per heavy atom. The second kappa shape index (κ2) is 7.34. The Bertz CT molecular complexity index is 777. The summed E-state index contributed by atoms with van der Waals surface area (Å²) in [5, 5.41) is 14.3. The highest BCUT2D eigenvalue weighted by Crippen LogP contribution is 2.32. The first-order chi connectivity index (χ1) is 12.0. The number of nitrogens with one attached hydrogen (secondary N) is 1. The van der Waals surface area contributed by atoms with Gasteiger partial charge in [0.25, 0.3) is 11.6 Å². The zero-order valence-corrected chi connectivity index (χ0v) is 14.1. The van der Waals surface area contributed by atoms with E-state index in [1.54, 1.807) is 24.3 Å². The largest absolute Gasteiger partial charge is 0.366 e. The molecule has 0 aromatic heterocycles. The number of nitrogens with zero attached hydrogens (tertiary/aromatic N) is 2. The molecule has 3 rings (SSSR count). The lowest BCUT2D eigenvalue weighted by Crippen LogP contribution is -2.34. The number of hydrogen-bond donors (Lipinski definition) is 1. The van der Waals surface area contributed by atoms with Crippen LogP contribution in [0.3, 0.4) is 0 Å². The highest BCUT2D eigenvalue weighted by Gasteiger charge is 2.25. The van der Waals surface area contributed by atoms with Crippen LogP contribution in [0, 0.1) is 16.0 Å². The molecule has 2 aromatic carbocycles. The summed E-state index contributed by atoms with van der Waals surface area (Å²) in [7, 11) is 0. The smallest absolute Gasteiger partial charge is 0.293 e. The van der Waals surface area contributed by atoms with Crippen molar-refractivity contribution in [3.05, 3.63) is 64.2 Å². The molecule has 25 heavy (non-hydrogen) atoms. The summed E-state index contributed by atoms with van der Waals surface area (Å²) in [4.78, 5) is 25.5. The Morgan fingerprint density at radius 1 is 1.24 bits per heavy atom. The first kappa shape index (κ1) is 17.0. The third kappa shape index (κ3) is 3.96. The van der Waals surface area contributed by atoms with Gasteiger partial charge in [0.1, 0.15) is 5.69 Å². The summed E-state index contributed by atoms with van der Waals surface area (Å²) < 4.78 is 0. The summed E-state index contributed by atoms with van der Waals surface area (Å²) >= 11 is 0. The summed E-state index contributed by atoms with van der Waals surface area (Å²) in [5.41, 5.74) is 1.51. The molecule has 1 N–H and O–H groups in total. The molecule has 0 spiro atoms. The second-order valence-corrected chi connectivity index (χ2v) is 6.47. The predicted molar refractivity (Wildman–Crippen MR) is 98.1 cm³/mol. The van der Waals surface area contributed by atoms with Crippen molar-refractivity contribution >= 4 is 23.0 Å². The minimum absolute atomic E-state index is 0.0187. The van der Waals surface area contributed by atoms with Gasteiger partial charge in [0.2, 0.25) is 0 Å². The van der Waals surface area contributed by atoms with Crippen LogP contribution >= 0.6 is 0 Å². The molecule has 0 radical (unpaired) electrons. The lowest BCUT2D eigenvalue weighted by atomic mass is 9.99. The highest BCUT2D eigenvalue weighted by atomic mass is 16.6. The Hall–Kier alpha value is -2.89. The lowest BCUT2D eigenvalue weighted by Gasteiger charge is -2.32. The molecule has 1 fully saturated rings. The molecular formula is C19H21N3O3. The van der Waals surface area contributed by atoms with Crippen LogP contribution in [0.15, 0.2) is 48.5 Å². The van der Waals surface area contributed by atoms with Crippen molar-refractivity contribution in [2.45, 2.75) is 19.8 Å². The minimum atomic E-state index is -0.409. The Morgan fingerprint density at radius 2 is 2.00 bits per heavy atom. The third-order valence-corrected chi connectivity index (χ3v) is 4.46. The van der Waals surface area contributed by atoms with E-state index in [1.807, 2.05) is 23.1 Å². The number of carbonyl (C=O) groups excluding carboxylic acids is 1. The summed E-state index contributed by atoms with van der Waals surface area (Å²) in [6, 6.07) is 13.8. The van der Waals surface area contributed by atoms with Crippen LogP contribution in [0.1, 0.15) is 30.1 Å². The molecule has 1 heterocycles. The van der Waals surface area contributed by atoms with E-state index in [-0.39, 0.29) is 17.2 Å². The number of rotatable bonds is 4. The van der Waals surface area contributed by atoms with Gasteiger partial charge in [0, 0.05) is 30.4 Å². The molecule has 1 aliphatic heterocycles. The zero-order chi connectivity index (χ0) is 17.8. The van der Waals surface area contributed by atoms with E-state index in [0.717, 1.165) is 25.9 Å². The van der Waals surface area contributed by atoms with Crippen LogP contribution in [0.5, 0.6) is 0 Å². The minimum Gasteiger partial charge on any atom is -0.366 e. The molecular weight excluding hydrogens is 318 g/mol. The number of piperidine rings is 1. The van der Waals surface area contributed by atoms with E-state index in [1.165, 1.54) is 6.07 Å². The Balaban J connectivity index is 1.86. The van der Waals surface area contributed by atoms with E-state index in [0.29, 0.717) is 17.3 Å². The second-order valence-electron chi connectivity index (χ2n) is 6.47. The maximum Gasteiger partial charge on any atom is 0.293 e. The fourth-order valence-electron chi connectivity index (χ4n) is 3.21. The van der Waals surface area contributed by atoms with Crippen molar-refractivity contribution in [3.63, 3.8) is 0 Å². The monoisotopic (exact) mass is 339 g/mol. The fourth-order valence-corrected chi connectivity index (χ4v) is 3.21. The van der Waals surface area contributed by atoms with Gasteiger partial charge in [-0.05, 0) is 43.0 Å². The number of amides is 1. The molecule has 0 bridgehead atoms. The van der Waals surface area contributed by atoms with E-state index in [9.17, 15) is 14.9 Å². The average Bonchev–Trinajstić information content (AvgIpc) is 2.62. The first-order valence-corrected chi connectivity index (χ1v) is 8.44. The molecule has 0 aliphatic carbocycles. The maximum absolute atomic E-state index is 12.4. The van der Waals surface area contributed by atoms with Crippen LogP contribution in [-0.4, -0.2) is 23.9 Å². The first-order valence-electron chi connectivity index (χ1n) is 8.44. The van der Waals surface area contributed by atoms with Crippen LogP contribution in [0.2, 0.25) is 0 Å². The number of benzene rings is 2. The standard InChI is InChI=1S/C19H21N3O3/c1-14-6-5-11-21(13-14)17-10-9-15(12-18(17)22(24)25)19(23)20-16-7-3-2-4-8-16/h2-4,7-10,12,14H,5-6,11,13H2,1H3,(H,20,23)/t14-/m0/s1. The van der Waals surface area contributed by atoms with Crippen molar-refractivity contribution in [3.8, 4) is 0 Å². The van der Waals surface area contributed by atoms with Gasteiger partial charge in [0.15, 0.2) is 0 Å². The number of anilines is 2. The zero-order valence-electron chi connectivity index (χ0n) is 14.1. The SMILES string of the molecule is C[C@H]1CCCN(c2ccc(C(=O)Nc3ccccc3)cc2[N+](=O)[O-])C1. The predicted octanol–water partition coefficient (Wildman–Crippen LogP) is 4.08. The molecule has 0 saturated carbocycles. The van der Waals surface area contributed by atoms with Crippen LogP contribution in [0.25, 0.3) is 0 Å². The Labute approximate surface area is 146 Å². The van der Waals surface area contributed by atoms with Gasteiger partial charge in [-0.3, -0.25) is 14.9 Å². The number of nitro groups is 1. The molecule has 1 saturated heterocycles. The van der Waals surface area contributed by atoms with Crippen molar-refractivity contribution < 1.29 is 9.72 Å². The topological polar surface area (TPSA) is 75.5 Å². The fraction of sp³-hybridized carbons (Fsp3) is 0.316. The number of para-hydroxylation sites is 1. The van der Waals surface area contributed by atoms with E-state index in [4.69, 9.17) is 0 Å². The molecule has 130 valence electrons. The summed E-state index contributed by atoms with van der Waals surface area (Å²) in [6.07, 6.45) is 2.16. The van der Waals surface area contributed by atoms with Gasteiger partial charge >= 0.3 is 0 Å². The van der Waals surface area contributed by atoms with E-state index in [2.05, 4.69) is 12.2 Å². The van der Waals surface area contributed by atoms with E-state index < -0.39 is 4.92 Å². The molecule has 0 unspecified atom stereocenters. The molecule has 2 aromatic rings. The van der Waals surface area contributed by atoms with Crippen LogP contribution < -0.4 is 10.2 Å². The van der Waals surface area contributed by atoms with Gasteiger partial charge in [-0.15, -0.1) is 0 Å². The molecule has 1 aliphatic rings. The third-order valence-electron chi connectivity index (χ3n) is 4.46. The summed E-state index contributed by atoms with van der Waals surface area (Å²) in [6.45, 7) is 3.76. The van der Waals surface area contributed by atoms with Gasteiger partial charge in [-0.25, -0.2) is 0 Å². The van der Waals surface area contributed by atoms with Crippen molar-refractivity contribution in [1.82, 2.24) is 0 Å². The molecule has 6 heteroatoms. The quantitative estimate of drug-likeness (QED) is 0.672. The van der Waals surface area contributed by atoms with Gasteiger partial charge in [-0.1, -0.05) is 25.1 Å². The van der Waals surface area contributed by atoms with Crippen molar-refractivity contribution in [1.29, 1.82) is 0 Å². The van der Waals surface area contributed by atoms with Gasteiger partial charge in [0.05, 0.1) is 4.92 Å². The number of nitro benzene ring substituents is 1. The summed E-state index contributed by atoms with van der Waals surface area (Å²) in [5.74, 6) is 0.155. The van der Waals surface area contributed by atoms with Crippen molar-refractivity contribution in [2.24, 2.45) is 5.92 Å². The number of hydrogen-bond acceptors (Lipinski definition) is 4.